The number of aryl methyl sites for hydroxylation is 1. The summed E-state index contributed by atoms with van der Waals surface area (Å²) in [5, 5.41) is 8.00. The second-order valence-corrected chi connectivity index (χ2v) is 4.86. The summed E-state index contributed by atoms with van der Waals surface area (Å²) in [5.74, 6) is -0.400. The lowest BCUT2D eigenvalue weighted by molar-refractivity contribution is 0.0592. The first-order chi connectivity index (χ1) is 9.26. The van der Waals surface area contributed by atoms with Crippen LogP contribution >= 0.6 is 0 Å². The molecule has 1 aliphatic heterocycles. The molecule has 0 unspecified atom stereocenters. The van der Waals surface area contributed by atoms with Gasteiger partial charge in [0.15, 0.2) is 5.69 Å². The summed E-state index contributed by atoms with van der Waals surface area (Å²) in [6.45, 7) is 6.33. The molecule has 1 aromatic heterocycles. The predicted octanol–water partition coefficient (Wildman–Crippen LogP) is 1.11. The molecule has 6 nitrogen and oxygen atoms in total. The fraction of sp³-hybridized carbons (Fsp3) is 0.769. The molecule has 0 aliphatic carbocycles. The van der Waals surface area contributed by atoms with Gasteiger partial charge in [0.25, 0.3) is 0 Å². The first-order valence-corrected chi connectivity index (χ1v) is 6.99. The molecule has 0 atom stereocenters. The van der Waals surface area contributed by atoms with Gasteiger partial charge in [0.1, 0.15) is 0 Å². The molecule has 19 heavy (non-hydrogen) atoms. The largest absolute Gasteiger partial charge is 0.464 e. The van der Waals surface area contributed by atoms with Crippen LogP contribution in [-0.4, -0.2) is 52.6 Å². The number of hydrogen-bond acceptors (Lipinski definition) is 5. The van der Waals surface area contributed by atoms with Crippen LogP contribution in [0.15, 0.2) is 0 Å². The number of nitrogens with zero attached hydrogens (tertiary/aromatic N) is 4. The van der Waals surface area contributed by atoms with E-state index in [-0.39, 0.29) is 0 Å². The molecule has 106 valence electrons. The lowest BCUT2D eigenvalue weighted by Gasteiger charge is -2.14. The number of likely N-dealkylation sites (tertiary alicyclic amines) is 1. The summed E-state index contributed by atoms with van der Waals surface area (Å²) in [4.78, 5) is 14.0. The van der Waals surface area contributed by atoms with Crippen LogP contribution in [0, 0.1) is 0 Å². The van der Waals surface area contributed by atoms with E-state index in [1.807, 2.05) is 11.6 Å². The smallest absolute Gasteiger partial charge is 0.360 e. The zero-order valence-corrected chi connectivity index (χ0v) is 11.8. The summed E-state index contributed by atoms with van der Waals surface area (Å²) in [6.07, 6.45) is 4.41. The molecule has 0 aromatic carbocycles. The highest BCUT2D eigenvalue weighted by molar-refractivity contribution is 5.88. The summed E-state index contributed by atoms with van der Waals surface area (Å²) < 4.78 is 6.55. The van der Waals surface area contributed by atoms with Crippen molar-refractivity contribution in [3.63, 3.8) is 0 Å². The maximum atomic E-state index is 11.5. The quantitative estimate of drug-likeness (QED) is 0.722. The van der Waals surface area contributed by atoms with Crippen molar-refractivity contribution in [1.29, 1.82) is 0 Å². The SMILES string of the molecule is CCc1c(C(=O)OC)nnn1CCCN1CCCC1. The molecule has 2 heterocycles. The van der Waals surface area contributed by atoms with Crippen LogP contribution in [0.3, 0.4) is 0 Å². The fourth-order valence-corrected chi connectivity index (χ4v) is 2.57. The van der Waals surface area contributed by atoms with E-state index in [4.69, 9.17) is 4.74 Å². The van der Waals surface area contributed by atoms with Crippen LogP contribution in [0.4, 0.5) is 0 Å². The van der Waals surface area contributed by atoms with Crippen molar-refractivity contribution in [2.24, 2.45) is 0 Å². The minimum absolute atomic E-state index is 0.353. The van der Waals surface area contributed by atoms with Crippen LogP contribution in [-0.2, 0) is 17.7 Å². The van der Waals surface area contributed by atoms with Gasteiger partial charge in [-0.2, -0.15) is 0 Å². The maximum absolute atomic E-state index is 11.5. The molecule has 6 heteroatoms. The van der Waals surface area contributed by atoms with Crippen molar-refractivity contribution >= 4 is 5.97 Å². The molecular weight excluding hydrogens is 244 g/mol. The highest BCUT2D eigenvalue weighted by atomic mass is 16.5. The van der Waals surface area contributed by atoms with E-state index in [1.54, 1.807) is 0 Å². The Morgan fingerprint density at radius 2 is 2.05 bits per heavy atom. The van der Waals surface area contributed by atoms with E-state index in [1.165, 1.54) is 33.0 Å². The lowest BCUT2D eigenvalue weighted by Crippen LogP contribution is -2.22. The number of carbonyl (C=O) groups is 1. The minimum Gasteiger partial charge on any atom is -0.464 e. The van der Waals surface area contributed by atoms with Gasteiger partial charge in [-0.05, 0) is 45.3 Å². The number of aromatic nitrogens is 3. The van der Waals surface area contributed by atoms with E-state index < -0.39 is 5.97 Å². The second kappa shape index (κ2) is 6.65. The van der Waals surface area contributed by atoms with Crippen LogP contribution < -0.4 is 0 Å². The van der Waals surface area contributed by atoms with Gasteiger partial charge in [0.2, 0.25) is 0 Å². The minimum atomic E-state index is -0.400. The molecule has 1 saturated heterocycles. The van der Waals surface area contributed by atoms with E-state index >= 15 is 0 Å². The summed E-state index contributed by atoms with van der Waals surface area (Å²) in [7, 11) is 1.37. The lowest BCUT2D eigenvalue weighted by atomic mass is 10.2. The van der Waals surface area contributed by atoms with E-state index in [2.05, 4.69) is 15.2 Å². The third-order valence-corrected chi connectivity index (χ3v) is 3.59. The van der Waals surface area contributed by atoms with Crippen molar-refractivity contribution in [3.8, 4) is 0 Å². The Morgan fingerprint density at radius 1 is 1.32 bits per heavy atom. The Kier molecular flexibility index (Phi) is 4.90. The molecule has 0 N–H and O–H groups in total. The molecule has 1 aromatic rings. The maximum Gasteiger partial charge on any atom is 0.360 e. The predicted molar refractivity (Wildman–Crippen MR) is 71.0 cm³/mol. The van der Waals surface area contributed by atoms with E-state index in [9.17, 15) is 4.79 Å². The Balaban J connectivity index is 1.92. The molecule has 0 bridgehead atoms. The van der Waals surface area contributed by atoms with Crippen LogP contribution in [0.1, 0.15) is 42.4 Å². The Morgan fingerprint density at radius 3 is 2.68 bits per heavy atom. The van der Waals surface area contributed by atoms with Crippen molar-refractivity contribution in [2.45, 2.75) is 39.2 Å². The number of ether oxygens (including phenoxy) is 1. The van der Waals surface area contributed by atoms with Gasteiger partial charge >= 0.3 is 5.97 Å². The number of carbonyl (C=O) groups excluding carboxylic acids is 1. The molecule has 0 amide bonds. The van der Waals surface area contributed by atoms with Crippen molar-refractivity contribution in [3.05, 3.63) is 11.4 Å². The van der Waals surface area contributed by atoms with Crippen molar-refractivity contribution in [2.75, 3.05) is 26.7 Å². The second-order valence-electron chi connectivity index (χ2n) is 4.86. The molecule has 0 saturated carbocycles. The Bertz CT molecular complexity index is 424. The third kappa shape index (κ3) is 3.32. The van der Waals surface area contributed by atoms with Crippen molar-refractivity contribution < 1.29 is 9.53 Å². The number of hydrogen-bond donors (Lipinski definition) is 0. The molecule has 2 rings (SSSR count). The van der Waals surface area contributed by atoms with Gasteiger partial charge in [0, 0.05) is 6.54 Å². The highest BCUT2D eigenvalue weighted by Crippen LogP contribution is 2.11. The normalized spacial score (nSPS) is 15.9. The van der Waals surface area contributed by atoms with Gasteiger partial charge in [0.05, 0.1) is 12.8 Å². The summed E-state index contributed by atoms with van der Waals surface area (Å²) in [5.41, 5.74) is 1.22. The van der Waals surface area contributed by atoms with Gasteiger partial charge in [-0.1, -0.05) is 12.1 Å². The fourth-order valence-electron chi connectivity index (χ4n) is 2.57. The zero-order valence-electron chi connectivity index (χ0n) is 11.8. The topological polar surface area (TPSA) is 60.2 Å². The molecule has 0 radical (unpaired) electrons. The number of esters is 1. The molecular formula is C13H22N4O2. The van der Waals surface area contributed by atoms with Crippen LogP contribution in [0.25, 0.3) is 0 Å². The van der Waals surface area contributed by atoms with Gasteiger partial charge < -0.3 is 9.64 Å². The van der Waals surface area contributed by atoms with Crippen LogP contribution in [0.5, 0.6) is 0 Å². The monoisotopic (exact) mass is 266 g/mol. The van der Waals surface area contributed by atoms with Gasteiger partial charge in [-0.25, -0.2) is 9.48 Å². The summed E-state index contributed by atoms with van der Waals surface area (Å²) in [6, 6.07) is 0. The highest BCUT2D eigenvalue weighted by Gasteiger charge is 2.19. The molecule has 0 spiro atoms. The number of rotatable bonds is 6. The standard InChI is InChI=1S/C13H22N4O2/c1-3-11-12(13(18)19-2)14-15-17(11)10-6-9-16-7-4-5-8-16/h3-10H2,1-2H3. The van der Waals surface area contributed by atoms with Gasteiger partial charge in [-0.15, -0.1) is 5.10 Å². The Labute approximate surface area is 113 Å². The van der Waals surface area contributed by atoms with Crippen molar-refractivity contribution in [1.82, 2.24) is 19.9 Å². The van der Waals surface area contributed by atoms with E-state index in [0.717, 1.165) is 31.6 Å². The Hall–Kier alpha value is -1.43. The molecule has 1 aliphatic rings. The summed E-state index contributed by atoms with van der Waals surface area (Å²) >= 11 is 0. The average molecular weight is 266 g/mol. The first-order valence-electron chi connectivity index (χ1n) is 6.99. The first kappa shape index (κ1) is 14.0. The zero-order chi connectivity index (χ0) is 13.7. The molecule has 1 fully saturated rings. The van der Waals surface area contributed by atoms with Gasteiger partial charge in [-0.3, -0.25) is 0 Å². The number of methoxy groups -OCH3 is 1. The van der Waals surface area contributed by atoms with Crippen LogP contribution in [0.2, 0.25) is 0 Å². The van der Waals surface area contributed by atoms with E-state index in [0.29, 0.717) is 5.69 Å². The average Bonchev–Trinajstić information content (AvgIpc) is 3.07. The third-order valence-electron chi connectivity index (χ3n) is 3.59.